The van der Waals surface area contributed by atoms with Crippen molar-refractivity contribution in [3.8, 4) is 0 Å². The summed E-state index contributed by atoms with van der Waals surface area (Å²) in [6.45, 7) is 4.92. The molecule has 1 aromatic heterocycles. The zero-order chi connectivity index (χ0) is 13.0. The average molecular weight is 245 g/mol. The van der Waals surface area contributed by atoms with Gasteiger partial charge in [0.2, 0.25) is 0 Å². The Labute approximate surface area is 107 Å². The number of aryl methyl sites for hydroxylation is 1. The second kappa shape index (κ2) is 3.59. The van der Waals surface area contributed by atoms with Crippen LogP contribution in [0.15, 0.2) is 30.5 Å². The molecule has 0 aliphatic carbocycles. The lowest BCUT2D eigenvalue weighted by Gasteiger charge is -2.49. The topological polar surface area (TPSA) is 34.4 Å². The van der Waals surface area contributed by atoms with Gasteiger partial charge in [-0.15, -0.1) is 0 Å². The highest BCUT2D eigenvalue weighted by atomic mass is 16.5. The number of nitrogens with zero attached hydrogens (tertiary/aromatic N) is 1. The average Bonchev–Trinajstić information content (AvgIpc) is 2.54. The van der Waals surface area contributed by atoms with Crippen LogP contribution in [0.2, 0.25) is 0 Å². The maximum absolute atomic E-state index is 10.5. The molecule has 96 valence electrons. The van der Waals surface area contributed by atoms with Crippen LogP contribution in [-0.4, -0.2) is 28.5 Å². The number of benzene rings is 1. The van der Waals surface area contributed by atoms with E-state index in [1.807, 2.05) is 33.0 Å². The van der Waals surface area contributed by atoms with Gasteiger partial charge < -0.3 is 14.4 Å². The molecule has 3 heteroatoms. The zero-order valence-corrected chi connectivity index (χ0v) is 11.1. The van der Waals surface area contributed by atoms with Crippen molar-refractivity contribution in [2.24, 2.45) is 7.05 Å². The van der Waals surface area contributed by atoms with Crippen molar-refractivity contribution >= 4 is 10.9 Å². The minimum atomic E-state index is -0.782. The highest BCUT2D eigenvalue weighted by Crippen LogP contribution is 2.44. The van der Waals surface area contributed by atoms with E-state index in [1.165, 1.54) is 16.5 Å². The smallest absolute Gasteiger partial charge is 0.0733 e. The summed E-state index contributed by atoms with van der Waals surface area (Å²) < 4.78 is 7.53. The molecule has 1 aliphatic rings. The van der Waals surface area contributed by atoms with Crippen LogP contribution in [0.25, 0.3) is 10.9 Å². The predicted molar refractivity (Wildman–Crippen MR) is 71.7 cm³/mol. The molecule has 0 unspecified atom stereocenters. The lowest BCUT2D eigenvalue weighted by Crippen LogP contribution is -2.60. The lowest BCUT2D eigenvalue weighted by atomic mass is 9.67. The molecule has 1 saturated heterocycles. The maximum atomic E-state index is 10.5. The van der Waals surface area contributed by atoms with Gasteiger partial charge in [0.1, 0.15) is 0 Å². The molecule has 1 N–H and O–H groups in total. The maximum Gasteiger partial charge on any atom is 0.0733 e. The van der Waals surface area contributed by atoms with E-state index in [2.05, 4.69) is 22.9 Å². The van der Waals surface area contributed by atoms with E-state index in [1.54, 1.807) is 0 Å². The van der Waals surface area contributed by atoms with Crippen LogP contribution in [-0.2, 0) is 17.2 Å². The lowest BCUT2D eigenvalue weighted by molar-refractivity contribution is -0.156. The number of fused-ring (bicyclic) bond motifs is 1. The van der Waals surface area contributed by atoms with Gasteiger partial charge in [0.05, 0.1) is 24.2 Å². The molecule has 0 saturated carbocycles. The van der Waals surface area contributed by atoms with Crippen LogP contribution < -0.4 is 0 Å². The Morgan fingerprint density at radius 1 is 1.28 bits per heavy atom. The highest BCUT2D eigenvalue weighted by molar-refractivity contribution is 5.85. The van der Waals surface area contributed by atoms with Crippen LogP contribution in [0.3, 0.4) is 0 Å². The van der Waals surface area contributed by atoms with Gasteiger partial charge in [0.15, 0.2) is 0 Å². The molecule has 2 aromatic rings. The minimum Gasteiger partial charge on any atom is -0.389 e. The summed E-state index contributed by atoms with van der Waals surface area (Å²) in [5.41, 5.74) is 1.32. The first-order valence-corrected chi connectivity index (χ1v) is 6.30. The van der Waals surface area contributed by atoms with E-state index in [-0.39, 0.29) is 5.41 Å². The van der Waals surface area contributed by atoms with Crippen LogP contribution in [0.4, 0.5) is 0 Å². The number of para-hydroxylation sites is 1. The monoisotopic (exact) mass is 245 g/mol. The predicted octanol–water partition coefficient (Wildman–Crippen LogP) is 2.22. The zero-order valence-electron chi connectivity index (χ0n) is 11.1. The standard InChI is InChI=1S/C15H19NO2/c1-14(2,17)15(9-18-10-15)12-8-16(3)13-7-5-4-6-11(12)13/h4-8,17H,9-10H2,1-3H3. The van der Waals surface area contributed by atoms with Crippen LogP contribution in [0, 0.1) is 0 Å². The fraction of sp³-hybridized carbons (Fsp3) is 0.467. The Bertz CT molecular complexity index is 588. The molecular weight excluding hydrogens is 226 g/mol. The quantitative estimate of drug-likeness (QED) is 0.880. The molecule has 18 heavy (non-hydrogen) atoms. The van der Waals surface area contributed by atoms with Gasteiger partial charge in [-0.3, -0.25) is 0 Å². The van der Waals surface area contributed by atoms with Crippen molar-refractivity contribution < 1.29 is 9.84 Å². The van der Waals surface area contributed by atoms with Gasteiger partial charge >= 0.3 is 0 Å². The number of aliphatic hydroxyl groups is 1. The molecule has 0 bridgehead atoms. The number of ether oxygens (including phenoxy) is 1. The summed E-state index contributed by atoms with van der Waals surface area (Å²) in [5.74, 6) is 0. The molecule has 0 amide bonds. The molecule has 0 spiro atoms. The van der Waals surface area contributed by atoms with E-state index in [0.29, 0.717) is 13.2 Å². The minimum absolute atomic E-state index is 0.284. The first-order chi connectivity index (χ1) is 8.46. The van der Waals surface area contributed by atoms with Gasteiger partial charge in [-0.25, -0.2) is 0 Å². The van der Waals surface area contributed by atoms with Crippen molar-refractivity contribution in [2.45, 2.75) is 24.9 Å². The number of hydrogen-bond donors (Lipinski definition) is 1. The Kier molecular flexibility index (Phi) is 2.34. The molecule has 3 rings (SSSR count). The summed E-state index contributed by atoms with van der Waals surface area (Å²) in [7, 11) is 2.05. The van der Waals surface area contributed by atoms with Crippen molar-refractivity contribution in [3.05, 3.63) is 36.0 Å². The summed E-state index contributed by atoms with van der Waals surface area (Å²) in [5, 5.41) is 11.7. The Balaban J connectivity index is 2.26. The van der Waals surface area contributed by atoms with Crippen LogP contribution >= 0.6 is 0 Å². The largest absolute Gasteiger partial charge is 0.389 e. The highest BCUT2D eigenvalue weighted by Gasteiger charge is 2.52. The third-order valence-electron chi connectivity index (χ3n) is 4.28. The molecule has 3 nitrogen and oxygen atoms in total. The Morgan fingerprint density at radius 3 is 2.50 bits per heavy atom. The van der Waals surface area contributed by atoms with E-state index < -0.39 is 5.60 Å². The summed E-state index contributed by atoms with van der Waals surface area (Å²) in [6, 6.07) is 8.32. The summed E-state index contributed by atoms with van der Waals surface area (Å²) in [4.78, 5) is 0. The van der Waals surface area contributed by atoms with Crippen LogP contribution in [0.1, 0.15) is 19.4 Å². The molecule has 1 aliphatic heterocycles. The summed E-state index contributed by atoms with van der Waals surface area (Å²) >= 11 is 0. The Morgan fingerprint density at radius 2 is 1.94 bits per heavy atom. The van der Waals surface area contributed by atoms with E-state index in [0.717, 1.165) is 0 Å². The summed E-state index contributed by atoms with van der Waals surface area (Å²) in [6.07, 6.45) is 2.13. The number of rotatable bonds is 2. The second-order valence-electron chi connectivity index (χ2n) is 5.80. The fourth-order valence-corrected chi connectivity index (χ4v) is 2.87. The second-order valence-corrected chi connectivity index (χ2v) is 5.80. The van der Waals surface area contributed by atoms with Gasteiger partial charge in [-0.05, 0) is 25.5 Å². The third-order valence-corrected chi connectivity index (χ3v) is 4.28. The van der Waals surface area contributed by atoms with Crippen molar-refractivity contribution in [1.29, 1.82) is 0 Å². The van der Waals surface area contributed by atoms with Crippen molar-refractivity contribution in [3.63, 3.8) is 0 Å². The fourth-order valence-electron chi connectivity index (χ4n) is 2.87. The molecule has 2 heterocycles. The molecule has 1 aromatic carbocycles. The first kappa shape index (κ1) is 11.8. The van der Waals surface area contributed by atoms with E-state index in [4.69, 9.17) is 4.74 Å². The normalized spacial score (nSPS) is 18.9. The molecule has 1 fully saturated rings. The van der Waals surface area contributed by atoms with Crippen molar-refractivity contribution in [2.75, 3.05) is 13.2 Å². The molecule has 0 radical (unpaired) electrons. The first-order valence-electron chi connectivity index (χ1n) is 6.30. The number of aromatic nitrogens is 1. The van der Waals surface area contributed by atoms with Gasteiger partial charge in [-0.2, -0.15) is 0 Å². The van der Waals surface area contributed by atoms with Gasteiger partial charge in [0.25, 0.3) is 0 Å². The SMILES string of the molecule is Cn1cc(C2(C(C)(C)O)COC2)c2ccccc21. The van der Waals surface area contributed by atoms with Crippen LogP contribution in [0.5, 0.6) is 0 Å². The number of hydrogen-bond acceptors (Lipinski definition) is 2. The molecular formula is C15H19NO2. The molecule has 0 atom stereocenters. The van der Waals surface area contributed by atoms with E-state index in [9.17, 15) is 5.11 Å². The third kappa shape index (κ3) is 1.38. The van der Waals surface area contributed by atoms with Gasteiger partial charge in [-0.1, -0.05) is 18.2 Å². The van der Waals surface area contributed by atoms with E-state index >= 15 is 0 Å². The Hall–Kier alpha value is -1.32. The van der Waals surface area contributed by atoms with Gasteiger partial charge in [0, 0.05) is 24.1 Å². The van der Waals surface area contributed by atoms with Crippen molar-refractivity contribution in [1.82, 2.24) is 4.57 Å².